The lowest BCUT2D eigenvalue weighted by atomic mass is 9.99. The molecular formula is C13H19N3O5S. The molecule has 1 aliphatic heterocycles. The molecule has 1 aromatic rings. The number of nitro groups is 1. The number of nitro benzene ring substituents is 1. The third kappa shape index (κ3) is 3.21. The maximum atomic E-state index is 12.7. The summed E-state index contributed by atoms with van der Waals surface area (Å²) in [5.41, 5.74) is 5.12. The van der Waals surface area contributed by atoms with Crippen LogP contribution in [0.5, 0.6) is 5.75 Å². The first kappa shape index (κ1) is 16.7. The smallest absolute Gasteiger partial charge is 0.293 e. The Kier molecular flexibility index (Phi) is 4.99. The molecule has 22 heavy (non-hydrogen) atoms. The van der Waals surface area contributed by atoms with Crippen LogP contribution < -0.4 is 10.5 Å². The highest BCUT2D eigenvalue weighted by molar-refractivity contribution is 7.89. The van der Waals surface area contributed by atoms with Gasteiger partial charge in [0.25, 0.3) is 5.69 Å². The van der Waals surface area contributed by atoms with Crippen LogP contribution in [0.15, 0.2) is 23.1 Å². The van der Waals surface area contributed by atoms with Crippen molar-refractivity contribution < 1.29 is 18.1 Å². The maximum absolute atomic E-state index is 12.7. The van der Waals surface area contributed by atoms with Gasteiger partial charge >= 0.3 is 0 Å². The van der Waals surface area contributed by atoms with Gasteiger partial charge in [-0.05, 0) is 37.4 Å². The van der Waals surface area contributed by atoms with Crippen molar-refractivity contribution in [2.24, 2.45) is 11.7 Å². The van der Waals surface area contributed by atoms with Crippen LogP contribution >= 0.6 is 0 Å². The zero-order chi connectivity index (χ0) is 16.3. The molecule has 0 aliphatic carbocycles. The van der Waals surface area contributed by atoms with E-state index in [-0.39, 0.29) is 10.6 Å². The molecular weight excluding hydrogens is 310 g/mol. The molecule has 0 amide bonds. The molecule has 0 saturated carbocycles. The number of methoxy groups -OCH3 is 1. The number of hydrogen-bond donors (Lipinski definition) is 1. The summed E-state index contributed by atoms with van der Waals surface area (Å²) in [5, 5.41) is 11.2. The Morgan fingerprint density at radius 3 is 2.55 bits per heavy atom. The topological polar surface area (TPSA) is 116 Å². The molecule has 0 aromatic heterocycles. The number of benzene rings is 1. The van der Waals surface area contributed by atoms with Crippen molar-refractivity contribution in [1.82, 2.24) is 4.31 Å². The highest BCUT2D eigenvalue weighted by Crippen LogP contribution is 2.32. The SMILES string of the molecule is COc1ccc(S(=O)(=O)N2CCC(CN)CC2)c([N+](=O)[O-])c1. The first-order chi connectivity index (χ1) is 10.4. The van der Waals surface area contributed by atoms with Gasteiger partial charge in [-0.3, -0.25) is 10.1 Å². The van der Waals surface area contributed by atoms with Crippen LogP contribution in [0.1, 0.15) is 12.8 Å². The number of sulfonamides is 1. The van der Waals surface area contributed by atoms with E-state index in [4.69, 9.17) is 10.5 Å². The van der Waals surface area contributed by atoms with Crippen molar-refractivity contribution in [3.8, 4) is 5.75 Å². The molecule has 2 N–H and O–H groups in total. The predicted octanol–water partition coefficient (Wildman–Crippen LogP) is 0.963. The minimum atomic E-state index is -3.90. The molecule has 1 heterocycles. The molecule has 0 unspecified atom stereocenters. The van der Waals surface area contributed by atoms with E-state index in [1.165, 1.54) is 23.5 Å². The molecule has 0 spiro atoms. The summed E-state index contributed by atoms with van der Waals surface area (Å²) in [6.45, 7) is 1.18. The first-order valence-electron chi connectivity index (χ1n) is 6.92. The van der Waals surface area contributed by atoms with Gasteiger partial charge in [-0.2, -0.15) is 4.31 Å². The van der Waals surface area contributed by atoms with Gasteiger partial charge in [-0.15, -0.1) is 0 Å². The quantitative estimate of drug-likeness (QED) is 0.635. The molecule has 2 rings (SSSR count). The number of hydrogen-bond acceptors (Lipinski definition) is 6. The molecule has 1 saturated heterocycles. The highest BCUT2D eigenvalue weighted by atomic mass is 32.2. The van der Waals surface area contributed by atoms with Crippen molar-refractivity contribution in [3.05, 3.63) is 28.3 Å². The molecule has 8 nitrogen and oxygen atoms in total. The number of piperidine rings is 1. The van der Waals surface area contributed by atoms with Crippen LogP contribution in [0, 0.1) is 16.0 Å². The zero-order valence-electron chi connectivity index (χ0n) is 12.3. The Morgan fingerprint density at radius 1 is 1.41 bits per heavy atom. The second kappa shape index (κ2) is 6.59. The zero-order valence-corrected chi connectivity index (χ0v) is 13.1. The lowest BCUT2D eigenvalue weighted by Gasteiger charge is -2.30. The van der Waals surface area contributed by atoms with Gasteiger partial charge in [-0.25, -0.2) is 8.42 Å². The summed E-state index contributed by atoms with van der Waals surface area (Å²) in [6, 6.07) is 3.76. The Balaban J connectivity index is 2.35. The van der Waals surface area contributed by atoms with Gasteiger partial charge in [0.2, 0.25) is 10.0 Å². The summed E-state index contributed by atoms with van der Waals surface area (Å²) < 4.78 is 31.5. The van der Waals surface area contributed by atoms with E-state index < -0.39 is 20.6 Å². The van der Waals surface area contributed by atoms with Gasteiger partial charge < -0.3 is 10.5 Å². The first-order valence-corrected chi connectivity index (χ1v) is 8.36. The Hall–Kier alpha value is -1.71. The summed E-state index contributed by atoms with van der Waals surface area (Å²) in [4.78, 5) is 10.2. The minimum absolute atomic E-state index is 0.243. The molecule has 0 atom stereocenters. The van der Waals surface area contributed by atoms with Crippen LogP contribution in [-0.2, 0) is 10.0 Å². The van der Waals surface area contributed by atoms with E-state index in [1.54, 1.807) is 0 Å². The van der Waals surface area contributed by atoms with Crippen molar-refractivity contribution in [1.29, 1.82) is 0 Å². The fourth-order valence-corrected chi connectivity index (χ4v) is 4.12. The van der Waals surface area contributed by atoms with Gasteiger partial charge in [0.15, 0.2) is 4.90 Å². The van der Waals surface area contributed by atoms with E-state index in [0.717, 1.165) is 6.07 Å². The average molecular weight is 329 g/mol. The normalized spacial score (nSPS) is 17.4. The molecule has 1 aliphatic rings. The highest BCUT2D eigenvalue weighted by Gasteiger charge is 2.34. The molecule has 1 fully saturated rings. The van der Waals surface area contributed by atoms with E-state index in [1.807, 2.05) is 0 Å². The third-order valence-corrected chi connectivity index (χ3v) is 5.83. The molecule has 9 heteroatoms. The van der Waals surface area contributed by atoms with Crippen molar-refractivity contribution >= 4 is 15.7 Å². The number of ether oxygens (including phenoxy) is 1. The van der Waals surface area contributed by atoms with Crippen molar-refractivity contribution in [2.45, 2.75) is 17.7 Å². The fourth-order valence-electron chi connectivity index (χ4n) is 2.51. The van der Waals surface area contributed by atoms with Gasteiger partial charge in [-0.1, -0.05) is 0 Å². The number of nitrogens with zero attached hydrogens (tertiary/aromatic N) is 2. The number of rotatable bonds is 5. The van der Waals surface area contributed by atoms with Gasteiger partial charge in [0, 0.05) is 13.1 Å². The predicted molar refractivity (Wildman–Crippen MR) is 80.2 cm³/mol. The van der Waals surface area contributed by atoms with Gasteiger partial charge in [0.1, 0.15) is 5.75 Å². The monoisotopic (exact) mass is 329 g/mol. The Labute approximate surface area is 129 Å². The van der Waals surface area contributed by atoms with Gasteiger partial charge in [0.05, 0.1) is 18.1 Å². The second-order valence-electron chi connectivity index (χ2n) is 5.17. The maximum Gasteiger partial charge on any atom is 0.293 e. The van der Waals surface area contributed by atoms with Crippen molar-refractivity contribution in [3.63, 3.8) is 0 Å². The summed E-state index contributed by atoms with van der Waals surface area (Å²) in [5.74, 6) is 0.546. The van der Waals surface area contributed by atoms with E-state index >= 15 is 0 Å². The van der Waals surface area contributed by atoms with Crippen LogP contribution in [0.2, 0.25) is 0 Å². The Morgan fingerprint density at radius 2 is 2.05 bits per heavy atom. The summed E-state index contributed by atoms with van der Waals surface area (Å²) in [6.07, 6.45) is 1.33. The average Bonchev–Trinajstić information content (AvgIpc) is 2.54. The molecule has 0 radical (unpaired) electrons. The number of nitrogens with two attached hydrogens (primary N) is 1. The lowest BCUT2D eigenvalue weighted by molar-refractivity contribution is -0.387. The largest absolute Gasteiger partial charge is 0.497 e. The molecule has 1 aromatic carbocycles. The Bertz CT molecular complexity index is 654. The third-order valence-electron chi connectivity index (χ3n) is 3.89. The van der Waals surface area contributed by atoms with Crippen LogP contribution in [0.4, 0.5) is 5.69 Å². The summed E-state index contributed by atoms with van der Waals surface area (Å²) in [7, 11) is -2.53. The van der Waals surface area contributed by atoms with Crippen LogP contribution in [-0.4, -0.2) is 44.4 Å². The molecule has 0 bridgehead atoms. The van der Waals surface area contributed by atoms with Crippen molar-refractivity contribution in [2.75, 3.05) is 26.7 Å². The lowest BCUT2D eigenvalue weighted by Crippen LogP contribution is -2.40. The van der Waals surface area contributed by atoms with E-state index in [0.29, 0.717) is 38.4 Å². The van der Waals surface area contributed by atoms with E-state index in [2.05, 4.69) is 0 Å². The minimum Gasteiger partial charge on any atom is -0.497 e. The van der Waals surface area contributed by atoms with Crippen LogP contribution in [0.25, 0.3) is 0 Å². The summed E-state index contributed by atoms with van der Waals surface area (Å²) >= 11 is 0. The van der Waals surface area contributed by atoms with E-state index in [9.17, 15) is 18.5 Å². The molecule has 122 valence electrons. The second-order valence-corrected chi connectivity index (χ2v) is 7.08. The fraction of sp³-hybridized carbons (Fsp3) is 0.538. The van der Waals surface area contributed by atoms with Crippen LogP contribution in [0.3, 0.4) is 0 Å². The standard InChI is InChI=1S/C13H19N3O5S/c1-21-11-2-3-13(12(8-11)16(17)18)22(19,20)15-6-4-10(9-14)5-7-15/h2-3,8,10H,4-7,9,14H2,1H3.